The number of hydrogen-bond donors (Lipinski definition) is 1. The normalized spacial score (nSPS) is 17.1. The van der Waals surface area contributed by atoms with Crippen molar-refractivity contribution in [2.45, 2.75) is 27.7 Å². The molecule has 0 bridgehead atoms. The van der Waals surface area contributed by atoms with Gasteiger partial charge in [0.1, 0.15) is 0 Å². The number of nitrogens with zero attached hydrogens (tertiary/aromatic N) is 3. The zero-order chi connectivity index (χ0) is 20.4. The Balaban J connectivity index is 1.98. The Hall–Kier alpha value is -2.80. The predicted molar refractivity (Wildman–Crippen MR) is 115 cm³/mol. The summed E-state index contributed by atoms with van der Waals surface area (Å²) in [5.41, 5.74) is 9.80. The van der Waals surface area contributed by atoms with Crippen LogP contribution in [0.4, 0.5) is 0 Å². The number of rotatable bonds is 5. The zero-order valence-corrected chi connectivity index (χ0v) is 17.3. The standard InChI is InChI=1S/C21H24N4O2S/c1-5-23-21-24(6-2)20(27)18(28-21)12-16-11-13(3)25(14(16)4)17-9-7-15(8-10-17)19(22)26/h7-12H,5-6H2,1-4H3,(H2,22,26)/b18-12+,23-21?. The number of carbonyl (C=O) groups excluding carboxylic acids is 2. The van der Waals surface area contributed by atoms with Crippen molar-refractivity contribution < 1.29 is 9.59 Å². The molecule has 0 atom stereocenters. The number of amidine groups is 1. The Morgan fingerprint density at radius 3 is 2.46 bits per heavy atom. The predicted octanol–water partition coefficient (Wildman–Crippen LogP) is 3.51. The smallest absolute Gasteiger partial charge is 0.266 e. The van der Waals surface area contributed by atoms with Crippen LogP contribution in [-0.2, 0) is 4.79 Å². The van der Waals surface area contributed by atoms with Crippen LogP contribution in [-0.4, -0.2) is 39.5 Å². The highest BCUT2D eigenvalue weighted by Gasteiger charge is 2.32. The van der Waals surface area contributed by atoms with E-state index >= 15 is 0 Å². The lowest BCUT2D eigenvalue weighted by molar-refractivity contribution is -0.122. The van der Waals surface area contributed by atoms with Crippen molar-refractivity contribution in [1.82, 2.24) is 9.47 Å². The molecule has 1 aliphatic rings. The van der Waals surface area contributed by atoms with E-state index in [1.165, 1.54) is 11.8 Å². The highest BCUT2D eigenvalue weighted by atomic mass is 32.2. The third kappa shape index (κ3) is 3.62. The van der Waals surface area contributed by atoms with Crippen LogP contribution >= 0.6 is 11.8 Å². The van der Waals surface area contributed by atoms with Gasteiger partial charge in [-0.2, -0.15) is 0 Å². The van der Waals surface area contributed by atoms with Crippen LogP contribution in [0.2, 0.25) is 0 Å². The van der Waals surface area contributed by atoms with Gasteiger partial charge < -0.3 is 10.3 Å². The number of nitrogens with two attached hydrogens (primary N) is 1. The molecular weight excluding hydrogens is 372 g/mol. The lowest BCUT2D eigenvalue weighted by atomic mass is 10.2. The molecule has 1 aromatic heterocycles. The Morgan fingerprint density at radius 1 is 1.21 bits per heavy atom. The molecule has 1 aromatic carbocycles. The highest BCUT2D eigenvalue weighted by molar-refractivity contribution is 8.18. The van der Waals surface area contributed by atoms with E-state index in [9.17, 15) is 9.59 Å². The first kappa shape index (κ1) is 19.9. The third-order valence-electron chi connectivity index (χ3n) is 4.66. The maximum atomic E-state index is 12.7. The third-order valence-corrected chi connectivity index (χ3v) is 5.71. The molecule has 1 aliphatic heterocycles. The van der Waals surface area contributed by atoms with Gasteiger partial charge in [-0.05, 0) is 81.4 Å². The minimum absolute atomic E-state index is 0.00434. The number of thioether (sulfide) groups is 1. The van der Waals surface area contributed by atoms with E-state index in [1.54, 1.807) is 17.0 Å². The molecule has 1 fully saturated rings. The molecule has 0 unspecified atom stereocenters. The molecule has 6 nitrogen and oxygen atoms in total. The summed E-state index contributed by atoms with van der Waals surface area (Å²) in [6.45, 7) is 9.20. The van der Waals surface area contributed by atoms with Gasteiger partial charge in [0.05, 0.1) is 4.91 Å². The number of hydrogen-bond acceptors (Lipinski definition) is 4. The average molecular weight is 397 g/mol. The number of aryl methyl sites for hydroxylation is 1. The van der Waals surface area contributed by atoms with Crippen LogP contribution < -0.4 is 5.73 Å². The van der Waals surface area contributed by atoms with Gasteiger partial charge in [-0.3, -0.25) is 19.5 Å². The lowest BCUT2D eigenvalue weighted by Crippen LogP contribution is -2.28. The van der Waals surface area contributed by atoms with Crippen molar-refractivity contribution in [2.24, 2.45) is 10.7 Å². The summed E-state index contributed by atoms with van der Waals surface area (Å²) in [4.78, 5) is 30.8. The van der Waals surface area contributed by atoms with E-state index in [2.05, 4.69) is 15.6 Å². The van der Waals surface area contributed by atoms with Gasteiger partial charge in [0, 0.05) is 35.7 Å². The van der Waals surface area contributed by atoms with Crippen LogP contribution in [0.5, 0.6) is 0 Å². The number of benzene rings is 1. The van der Waals surface area contributed by atoms with E-state index in [-0.39, 0.29) is 5.91 Å². The molecule has 2 heterocycles. The fourth-order valence-electron chi connectivity index (χ4n) is 3.29. The van der Waals surface area contributed by atoms with E-state index in [0.29, 0.717) is 23.6 Å². The Kier molecular flexibility index (Phi) is 5.74. The maximum Gasteiger partial charge on any atom is 0.266 e. The van der Waals surface area contributed by atoms with Crippen LogP contribution in [0.1, 0.15) is 41.2 Å². The van der Waals surface area contributed by atoms with Crippen molar-refractivity contribution in [1.29, 1.82) is 0 Å². The monoisotopic (exact) mass is 396 g/mol. The van der Waals surface area contributed by atoms with Crippen molar-refractivity contribution in [3.63, 3.8) is 0 Å². The number of primary amides is 1. The van der Waals surface area contributed by atoms with Crippen LogP contribution in [0.3, 0.4) is 0 Å². The summed E-state index contributed by atoms with van der Waals surface area (Å²) < 4.78 is 2.10. The second-order valence-electron chi connectivity index (χ2n) is 6.49. The second-order valence-corrected chi connectivity index (χ2v) is 7.50. The minimum Gasteiger partial charge on any atom is -0.366 e. The first-order valence-electron chi connectivity index (χ1n) is 9.22. The van der Waals surface area contributed by atoms with Crippen LogP contribution in [0.15, 0.2) is 40.2 Å². The van der Waals surface area contributed by atoms with Gasteiger partial charge in [-0.1, -0.05) is 0 Å². The number of aliphatic imine (C=N–C) groups is 1. The molecule has 7 heteroatoms. The lowest BCUT2D eigenvalue weighted by Gasteiger charge is -2.11. The summed E-state index contributed by atoms with van der Waals surface area (Å²) in [5.74, 6) is -0.449. The van der Waals surface area contributed by atoms with Gasteiger partial charge in [-0.25, -0.2) is 0 Å². The van der Waals surface area contributed by atoms with E-state index in [4.69, 9.17) is 5.73 Å². The first-order valence-corrected chi connectivity index (χ1v) is 10.0. The van der Waals surface area contributed by atoms with Gasteiger partial charge in [-0.15, -0.1) is 0 Å². The molecule has 28 heavy (non-hydrogen) atoms. The van der Waals surface area contributed by atoms with E-state index in [0.717, 1.165) is 27.8 Å². The topological polar surface area (TPSA) is 80.7 Å². The van der Waals surface area contributed by atoms with Gasteiger partial charge in [0.15, 0.2) is 5.17 Å². The highest BCUT2D eigenvalue weighted by Crippen LogP contribution is 2.33. The molecule has 0 aliphatic carbocycles. The SMILES string of the molecule is CCN=C1S/C(=C/c2cc(C)n(-c3ccc(C(N)=O)cc3)c2C)C(=O)N1CC. The van der Waals surface area contributed by atoms with Crippen LogP contribution in [0, 0.1) is 13.8 Å². The molecular formula is C21H24N4O2S. The summed E-state index contributed by atoms with van der Waals surface area (Å²) in [6, 6.07) is 9.24. The van der Waals surface area contributed by atoms with Crippen molar-refractivity contribution in [3.05, 3.63) is 57.8 Å². The van der Waals surface area contributed by atoms with Crippen molar-refractivity contribution in [2.75, 3.05) is 13.1 Å². The average Bonchev–Trinajstić information content (AvgIpc) is 3.11. The number of likely N-dealkylation sites (N-methyl/N-ethyl adjacent to an activating group) is 1. The fraction of sp³-hybridized carbons (Fsp3) is 0.286. The molecule has 0 radical (unpaired) electrons. The minimum atomic E-state index is -0.445. The Labute approximate surface area is 169 Å². The number of amides is 2. The zero-order valence-electron chi connectivity index (χ0n) is 16.5. The largest absolute Gasteiger partial charge is 0.366 e. The maximum absolute atomic E-state index is 12.7. The summed E-state index contributed by atoms with van der Waals surface area (Å²) >= 11 is 1.42. The molecule has 146 valence electrons. The molecule has 1 saturated heterocycles. The van der Waals surface area contributed by atoms with E-state index < -0.39 is 5.91 Å². The summed E-state index contributed by atoms with van der Waals surface area (Å²) in [6.07, 6.45) is 1.93. The molecule has 3 rings (SSSR count). The molecule has 2 amide bonds. The Bertz CT molecular complexity index is 987. The summed E-state index contributed by atoms with van der Waals surface area (Å²) in [7, 11) is 0. The van der Waals surface area contributed by atoms with Gasteiger partial charge in [0.2, 0.25) is 5.91 Å². The second kappa shape index (κ2) is 8.06. The fourth-order valence-corrected chi connectivity index (χ4v) is 4.38. The van der Waals surface area contributed by atoms with Crippen molar-refractivity contribution in [3.8, 4) is 5.69 Å². The number of aromatic nitrogens is 1. The van der Waals surface area contributed by atoms with Gasteiger partial charge in [0.25, 0.3) is 5.91 Å². The summed E-state index contributed by atoms with van der Waals surface area (Å²) in [5, 5.41) is 0.761. The Morgan fingerprint density at radius 2 is 1.89 bits per heavy atom. The molecule has 2 aromatic rings. The van der Waals surface area contributed by atoms with Gasteiger partial charge >= 0.3 is 0 Å². The number of carbonyl (C=O) groups is 2. The van der Waals surface area contributed by atoms with Crippen molar-refractivity contribution >= 4 is 34.8 Å². The first-order chi connectivity index (χ1) is 13.4. The molecule has 0 spiro atoms. The van der Waals surface area contributed by atoms with Crippen LogP contribution in [0.25, 0.3) is 11.8 Å². The molecule has 2 N–H and O–H groups in total. The van der Waals surface area contributed by atoms with E-state index in [1.807, 2.05) is 45.9 Å². The quantitative estimate of drug-likeness (QED) is 0.786. The molecule has 0 saturated carbocycles.